The van der Waals surface area contributed by atoms with Crippen LogP contribution in [0.2, 0.25) is 0 Å². The molecule has 2 aromatic rings. The van der Waals surface area contributed by atoms with Crippen LogP contribution < -0.4 is 4.72 Å². The second kappa shape index (κ2) is 4.86. The zero-order valence-electron chi connectivity index (χ0n) is 10.7. The highest BCUT2D eigenvalue weighted by atomic mass is 32.2. The molecule has 0 radical (unpaired) electrons. The fraction of sp³-hybridized carbons (Fsp3) is 0.286. The zero-order valence-corrected chi connectivity index (χ0v) is 11.6. The molecule has 0 aliphatic heterocycles. The van der Waals surface area contributed by atoms with Crippen LogP contribution in [0.4, 0.5) is 0 Å². The first-order chi connectivity index (χ1) is 9.56. The molecule has 1 heterocycles. The SMILES string of the molecule is O=C(CC1CC1)NS(=O)(=O)c1cccc2ncccc12. The van der Waals surface area contributed by atoms with E-state index in [2.05, 4.69) is 9.71 Å². The van der Waals surface area contributed by atoms with E-state index >= 15 is 0 Å². The van der Waals surface area contributed by atoms with Gasteiger partial charge in [0.1, 0.15) is 0 Å². The van der Waals surface area contributed by atoms with Gasteiger partial charge in [-0.2, -0.15) is 0 Å². The van der Waals surface area contributed by atoms with Gasteiger partial charge in [-0.1, -0.05) is 6.07 Å². The Morgan fingerprint density at radius 1 is 1.25 bits per heavy atom. The third-order valence-corrected chi connectivity index (χ3v) is 4.75. The summed E-state index contributed by atoms with van der Waals surface area (Å²) in [6.45, 7) is 0. The minimum absolute atomic E-state index is 0.0900. The largest absolute Gasteiger partial charge is 0.274 e. The summed E-state index contributed by atoms with van der Waals surface area (Å²) in [6.07, 6.45) is 3.89. The molecule has 1 aliphatic carbocycles. The number of carbonyl (C=O) groups excluding carboxylic acids is 1. The molecule has 3 rings (SSSR count). The van der Waals surface area contributed by atoms with Crippen molar-refractivity contribution >= 4 is 26.8 Å². The molecule has 1 aromatic carbocycles. The zero-order chi connectivity index (χ0) is 14.2. The average molecular weight is 290 g/mol. The second-order valence-corrected chi connectivity index (χ2v) is 6.65. The molecule has 0 bridgehead atoms. The van der Waals surface area contributed by atoms with Crippen LogP contribution in [0.1, 0.15) is 19.3 Å². The van der Waals surface area contributed by atoms with Gasteiger partial charge in [0.25, 0.3) is 10.0 Å². The van der Waals surface area contributed by atoms with Crippen molar-refractivity contribution in [2.24, 2.45) is 5.92 Å². The van der Waals surface area contributed by atoms with Crippen molar-refractivity contribution in [1.29, 1.82) is 0 Å². The quantitative estimate of drug-likeness (QED) is 0.932. The van der Waals surface area contributed by atoms with Gasteiger partial charge in [0.15, 0.2) is 0 Å². The van der Waals surface area contributed by atoms with Crippen LogP contribution in [0.5, 0.6) is 0 Å². The first kappa shape index (κ1) is 13.1. The maximum Gasteiger partial charge on any atom is 0.264 e. The number of amides is 1. The minimum Gasteiger partial charge on any atom is -0.274 e. The van der Waals surface area contributed by atoms with Crippen LogP contribution >= 0.6 is 0 Å². The van der Waals surface area contributed by atoms with E-state index in [1.165, 1.54) is 6.07 Å². The van der Waals surface area contributed by atoms with E-state index in [-0.39, 0.29) is 11.3 Å². The van der Waals surface area contributed by atoms with Crippen molar-refractivity contribution in [3.05, 3.63) is 36.5 Å². The maximum atomic E-state index is 12.3. The highest BCUT2D eigenvalue weighted by molar-refractivity contribution is 7.90. The molecule has 6 heteroatoms. The van der Waals surface area contributed by atoms with Crippen molar-refractivity contribution in [2.45, 2.75) is 24.2 Å². The minimum atomic E-state index is -3.84. The van der Waals surface area contributed by atoms with Crippen LogP contribution in [0.15, 0.2) is 41.4 Å². The van der Waals surface area contributed by atoms with Gasteiger partial charge in [-0.25, -0.2) is 13.1 Å². The van der Waals surface area contributed by atoms with Crippen molar-refractivity contribution in [1.82, 2.24) is 9.71 Å². The van der Waals surface area contributed by atoms with Crippen molar-refractivity contribution in [3.63, 3.8) is 0 Å². The van der Waals surface area contributed by atoms with Gasteiger partial charge in [0.2, 0.25) is 5.91 Å². The molecule has 1 N–H and O–H groups in total. The Morgan fingerprint density at radius 3 is 2.80 bits per heavy atom. The first-order valence-electron chi connectivity index (χ1n) is 6.46. The van der Waals surface area contributed by atoms with Gasteiger partial charge in [0.05, 0.1) is 10.4 Å². The molecule has 0 saturated heterocycles. The summed E-state index contributed by atoms with van der Waals surface area (Å²) in [5.41, 5.74) is 0.588. The highest BCUT2D eigenvalue weighted by Crippen LogP contribution is 2.32. The number of nitrogens with zero attached hydrogens (tertiary/aromatic N) is 1. The molecule has 20 heavy (non-hydrogen) atoms. The lowest BCUT2D eigenvalue weighted by Gasteiger charge is -2.09. The molecular formula is C14H14N2O3S. The highest BCUT2D eigenvalue weighted by Gasteiger charge is 2.27. The smallest absolute Gasteiger partial charge is 0.264 e. The molecule has 0 spiro atoms. The summed E-state index contributed by atoms with van der Waals surface area (Å²) in [7, 11) is -3.84. The average Bonchev–Trinajstić information content (AvgIpc) is 3.21. The Bertz CT molecular complexity index is 762. The predicted octanol–water partition coefficient (Wildman–Crippen LogP) is 1.84. The number of aromatic nitrogens is 1. The number of sulfonamides is 1. The van der Waals surface area contributed by atoms with Crippen LogP contribution in [0.3, 0.4) is 0 Å². The van der Waals surface area contributed by atoms with Gasteiger partial charge in [-0.15, -0.1) is 0 Å². The van der Waals surface area contributed by atoms with Gasteiger partial charge >= 0.3 is 0 Å². The fourth-order valence-corrected chi connectivity index (χ4v) is 3.35. The lowest BCUT2D eigenvalue weighted by atomic mass is 10.2. The van der Waals surface area contributed by atoms with Crippen molar-refractivity contribution in [3.8, 4) is 0 Å². The molecule has 0 unspecified atom stereocenters. The summed E-state index contributed by atoms with van der Waals surface area (Å²) in [5.74, 6) is -0.0900. The van der Waals surface area contributed by atoms with E-state index in [0.717, 1.165) is 12.8 Å². The molecule has 1 saturated carbocycles. The lowest BCUT2D eigenvalue weighted by molar-refractivity contribution is -0.119. The van der Waals surface area contributed by atoms with Gasteiger partial charge < -0.3 is 0 Å². The fourth-order valence-electron chi connectivity index (χ4n) is 2.14. The molecule has 1 aliphatic rings. The molecular weight excluding hydrogens is 276 g/mol. The van der Waals surface area contributed by atoms with Crippen LogP contribution in [-0.2, 0) is 14.8 Å². The van der Waals surface area contributed by atoms with Crippen molar-refractivity contribution < 1.29 is 13.2 Å². The van der Waals surface area contributed by atoms with Crippen LogP contribution in [0, 0.1) is 5.92 Å². The normalized spacial score (nSPS) is 15.2. The van der Waals surface area contributed by atoms with Gasteiger partial charge in [-0.05, 0) is 43.0 Å². The maximum absolute atomic E-state index is 12.3. The van der Waals surface area contributed by atoms with E-state index < -0.39 is 15.9 Å². The van der Waals surface area contributed by atoms with E-state index in [1.807, 2.05) is 0 Å². The number of carbonyl (C=O) groups is 1. The molecule has 104 valence electrons. The topological polar surface area (TPSA) is 76.1 Å². The summed E-state index contributed by atoms with van der Waals surface area (Å²) in [6, 6.07) is 8.20. The van der Waals surface area contributed by atoms with E-state index in [1.54, 1.807) is 30.5 Å². The Kier molecular flexibility index (Phi) is 3.17. The summed E-state index contributed by atoms with van der Waals surface area (Å²) in [5, 5.41) is 0.515. The number of rotatable bonds is 4. The Hall–Kier alpha value is -1.95. The van der Waals surface area contributed by atoms with Crippen molar-refractivity contribution in [2.75, 3.05) is 0 Å². The summed E-state index contributed by atoms with van der Waals surface area (Å²) < 4.78 is 26.7. The molecule has 1 fully saturated rings. The van der Waals surface area contributed by atoms with E-state index in [9.17, 15) is 13.2 Å². The summed E-state index contributed by atoms with van der Waals surface area (Å²) in [4.78, 5) is 15.9. The van der Waals surface area contributed by atoms with E-state index in [4.69, 9.17) is 0 Å². The van der Waals surface area contributed by atoms with Crippen LogP contribution in [-0.4, -0.2) is 19.3 Å². The number of nitrogens with one attached hydrogen (secondary N) is 1. The molecule has 1 amide bonds. The van der Waals surface area contributed by atoms with E-state index in [0.29, 0.717) is 16.8 Å². The second-order valence-electron chi connectivity index (χ2n) is 5.00. The lowest BCUT2D eigenvalue weighted by Crippen LogP contribution is -2.30. The summed E-state index contributed by atoms with van der Waals surface area (Å²) >= 11 is 0. The number of benzene rings is 1. The predicted molar refractivity (Wildman–Crippen MR) is 74.4 cm³/mol. The Morgan fingerprint density at radius 2 is 2.05 bits per heavy atom. The Balaban J connectivity index is 1.94. The number of hydrogen-bond donors (Lipinski definition) is 1. The monoisotopic (exact) mass is 290 g/mol. The molecule has 1 aromatic heterocycles. The third kappa shape index (κ3) is 2.65. The number of hydrogen-bond acceptors (Lipinski definition) is 4. The number of pyridine rings is 1. The third-order valence-electron chi connectivity index (χ3n) is 3.31. The van der Waals surface area contributed by atoms with Gasteiger partial charge in [0, 0.05) is 18.0 Å². The first-order valence-corrected chi connectivity index (χ1v) is 7.94. The number of fused-ring (bicyclic) bond motifs is 1. The van der Waals surface area contributed by atoms with Crippen LogP contribution in [0.25, 0.3) is 10.9 Å². The van der Waals surface area contributed by atoms with Gasteiger partial charge in [-0.3, -0.25) is 9.78 Å². The molecule has 0 atom stereocenters. The standard InChI is InChI=1S/C14H14N2O3S/c17-14(9-10-6-7-10)16-20(18,19)13-5-1-4-12-11(13)3-2-8-15-12/h1-5,8,10H,6-7,9H2,(H,16,17). The Labute approximate surface area is 117 Å². The molecule has 5 nitrogen and oxygen atoms in total.